The predicted octanol–water partition coefficient (Wildman–Crippen LogP) is 2.43. The van der Waals surface area contributed by atoms with Crippen molar-refractivity contribution in [3.8, 4) is 0 Å². The zero-order valence-corrected chi connectivity index (χ0v) is 7.89. The van der Waals surface area contributed by atoms with Gasteiger partial charge in [-0.3, -0.25) is 0 Å². The highest BCUT2D eigenvalue weighted by atomic mass is 19.1. The average molecular weight is 197 g/mol. The monoisotopic (exact) mass is 197 g/mol. The van der Waals surface area contributed by atoms with Gasteiger partial charge in [-0.15, -0.1) is 0 Å². The van der Waals surface area contributed by atoms with Crippen molar-refractivity contribution in [2.75, 3.05) is 13.1 Å². The lowest BCUT2D eigenvalue weighted by Crippen LogP contribution is -2.29. The molecule has 0 aliphatic carbocycles. The van der Waals surface area contributed by atoms with Crippen LogP contribution >= 0.6 is 0 Å². The second-order valence-corrected chi connectivity index (χ2v) is 3.68. The highest BCUT2D eigenvalue weighted by Crippen LogP contribution is 2.27. The third-order valence-corrected chi connectivity index (χ3v) is 2.70. The molecule has 1 aliphatic rings. The SMILES string of the molecule is Fc1cccc(F)c1C1CCCNC1. The molecule has 1 atom stereocenters. The van der Waals surface area contributed by atoms with E-state index in [-0.39, 0.29) is 11.5 Å². The molecule has 2 rings (SSSR count). The summed E-state index contributed by atoms with van der Waals surface area (Å²) in [6, 6.07) is 4.06. The molecule has 14 heavy (non-hydrogen) atoms. The number of benzene rings is 1. The molecule has 1 aromatic carbocycles. The molecule has 3 heteroatoms. The Labute approximate surface area is 82.1 Å². The van der Waals surface area contributed by atoms with E-state index in [0.29, 0.717) is 6.54 Å². The van der Waals surface area contributed by atoms with Crippen LogP contribution in [0.3, 0.4) is 0 Å². The zero-order valence-electron chi connectivity index (χ0n) is 7.89. The minimum atomic E-state index is -0.418. The van der Waals surface area contributed by atoms with E-state index in [1.165, 1.54) is 18.2 Å². The van der Waals surface area contributed by atoms with E-state index in [4.69, 9.17) is 0 Å². The smallest absolute Gasteiger partial charge is 0.129 e. The van der Waals surface area contributed by atoms with Crippen molar-refractivity contribution in [1.29, 1.82) is 0 Å². The largest absolute Gasteiger partial charge is 0.316 e. The predicted molar refractivity (Wildman–Crippen MR) is 51.2 cm³/mol. The molecule has 1 fully saturated rings. The molecule has 0 spiro atoms. The number of hydrogen-bond acceptors (Lipinski definition) is 1. The fraction of sp³-hybridized carbons (Fsp3) is 0.455. The van der Waals surface area contributed by atoms with Crippen LogP contribution in [0.2, 0.25) is 0 Å². The van der Waals surface area contributed by atoms with Gasteiger partial charge in [0.2, 0.25) is 0 Å². The minimum Gasteiger partial charge on any atom is -0.316 e. The summed E-state index contributed by atoms with van der Waals surface area (Å²) in [4.78, 5) is 0. The Kier molecular flexibility index (Phi) is 2.77. The van der Waals surface area contributed by atoms with Crippen molar-refractivity contribution in [1.82, 2.24) is 5.32 Å². The zero-order chi connectivity index (χ0) is 9.97. The van der Waals surface area contributed by atoms with Crippen molar-refractivity contribution in [3.63, 3.8) is 0 Å². The topological polar surface area (TPSA) is 12.0 Å². The first-order valence-electron chi connectivity index (χ1n) is 4.93. The maximum absolute atomic E-state index is 13.4. The van der Waals surface area contributed by atoms with Gasteiger partial charge in [-0.05, 0) is 31.5 Å². The van der Waals surface area contributed by atoms with E-state index >= 15 is 0 Å². The van der Waals surface area contributed by atoms with E-state index in [1.54, 1.807) is 0 Å². The van der Waals surface area contributed by atoms with E-state index in [9.17, 15) is 8.78 Å². The first kappa shape index (κ1) is 9.59. The molecule has 0 saturated carbocycles. The van der Waals surface area contributed by atoms with Crippen LogP contribution in [0, 0.1) is 11.6 Å². The highest BCUT2D eigenvalue weighted by Gasteiger charge is 2.21. The minimum absolute atomic E-state index is 0.00931. The maximum atomic E-state index is 13.4. The molecular formula is C11H13F2N. The lowest BCUT2D eigenvalue weighted by molar-refractivity contribution is 0.428. The summed E-state index contributed by atoms with van der Waals surface area (Å²) in [6.07, 6.45) is 1.85. The van der Waals surface area contributed by atoms with E-state index in [2.05, 4.69) is 5.32 Å². The first-order chi connectivity index (χ1) is 6.79. The molecule has 0 amide bonds. The Morgan fingerprint density at radius 3 is 2.50 bits per heavy atom. The Hall–Kier alpha value is -0.960. The van der Waals surface area contributed by atoms with E-state index < -0.39 is 11.6 Å². The fourth-order valence-corrected chi connectivity index (χ4v) is 2.00. The van der Waals surface area contributed by atoms with Crippen molar-refractivity contribution >= 4 is 0 Å². The molecule has 1 nitrogen and oxygen atoms in total. The van der Waals surface area contributed by atoms with Gasteiger partial charge in [0.1, 0.15) is 11.6 Å². The molecular weight excluding hydrogens is 184 g/mol. The van der Waals surface area contributed by atoms with Crippen LogP contribution in [0.5, 0.6) is 0 Å². The lowest BCUT2D eigenvalue weighted by atomic mass is 9.91. The summed E-state index contributed by atoms with van der Waals surface area (Å²) in [5, 5.41) is 3.15. The molecule has 76 valence electrons. The van der Waals surface area contributed by atoms with Crippen molar-refractivity contribution in [2.45, 2.75) is 18.8 Å². The maximum Gasteiger partial charge on any atom is 0.129 e. The van der Waals surface area contributed by atoms with Gasteiger partial charge in [0, 0.05) is 18.0 Å². The number of rotatable bonds is 1. The highest BCUT2D eigenvalue weighted by molar-refractivity contribution is 5.24. The molecule has 0 radical (unpaired) electrons. The Balaban J connectivity index is 2.29. The normalized spacial score (nSPS) is 22.3. The summed E-state index contributed by atoms with van der Waals surface area (Å²) in [7, 11) is 0. The standard InChI is InChI=1S/C11H13F2N/c12-9-4-1-5-10(13)11(9)8-3-2-6-14-7-8/h1,4-5,8,14H,2-3,6-7H2. The molecule has 1 heterocycles. The van der Waals surface area contributed by atoms with Crippen molar-refractivity contribution in [3.05, 3.63) is 35.4 Å². The van der Waals surface area contributed by atoms with Crippen LogP contribution in [0.4, 0.5) is 8.78 Å². The van der Waals surface area contributed by atoms with Gasteiger partial charge < -0.3 is 5.32 Å². The summed E-state index contributed by atoms with van der Waals surface area (Å²) < 4.78 is 26.7. The van der Waals surface area contributed by atoms with Crippen LogP contribution in [0.15, 0.2) is 18.2 Å². The van der Waals surface area contributed by atoms with Crippen LogP contribution < -0.4 is 5.32 Å². The van der Waals surface area contributed by atoms with Gasteiger partial charge in [-0.25, -0.2) is 8.78 Å². The second kappa shape index (κ2) is 4.05. The summed E-state index contributed by atoms with van der Waals surface area (Å²) in [5.74, 6) is -0.845. The molecule has 1 unspecified atom stereocenters. The lowest BCUT2D eigenvalue weighted by Gasteiger charge is -2.23. The molecule has 0 aromatic heterocycles. The molecule has 1 saturated heterocycles. The number of hydrogen-bond donors (Lipinski definition) is 1. The Morgan fingerprint density at radius 2 is 1.93 bits per heavy atom. The summed E-state index contributed by atoms with van der Waals surface area (Å²) in [6.45, 7) is 1.63. The first-order valence-corrected chi connectivity index (χ1v) is 4.93. The number of halogens is 2. The van der Waals surface area contributed by atoms with Crippen LogP contribution in [-0.2, 0) is 0 Å². The van der Waals surface area contributed by atoms with Gasteiger partial charge in [0.05, 0.1) is 0 Å². The van der Waals surface area contributed by atoms with Crippen molar-refractivity contribution < 1.29 is 8.78 Å². The van der Waals surface area contributed by atoms with Gasteiger partial charge in [-0.1, -0.05) is 6.07 Å². The third-order valence-electron chi connectivity index (χ3n) is 2.70. The Morgan fingerprint density at radius 1 is 1.21 bits per heavy atom. The summed E-state index contributed by atoms with van der Waals surface area (Å²) >= 11 is 0. The number of nitrogens with one attached hydrogen (secondary N) is 1. The van der Waals surface area contributed by atoms with Gasteiger partial charge >= 0.3 is 0 Å². The Bertz CT molecular complexity index is 299. The third kappa shape index (κ3) is 1.77. The second-order valence-electron chi connectivity index (χ2n) is 3.68. The quantitative estimate of drug-likeness (QED) is 0.729. The van der Waals surface area contributed by atoms with Gasteiger partial charge in [0.25, 0.3) is 0 Å². The fourth-order valence-electron chi connectivity index (χ4n) is 2.00. The van der Waals surface area contributed by atoms with Crippen LogP contribution in [0.25, 0.3) is 0 Å². The van der Waals surface area contributed by atoms with Crippen LogP contribution in [-0.4, -0.2) is 13.1 Å². The van der Waals surface area contributed by atoms with E-state index in [0.717, 1.165) is 19.4 Å². The molecule has 0 bridgehead atoms. The number of piperidine rings is 1. The van der Waals surface area contributed by atoms with Crippen molar-refractivity contribution in [2.24, 2.45) is 0 Å². The molecule has 1 N–H and O–H groups in total. The van der Waals surface area contributed by atoms with Gasteiger partial charge in [-0.2, -0.15) is 0 Å². The summed E-state index contributed by atoms with van der Waals surface area (Å²) in [5.41, 5.74) is 0.250. The van der Waals surface area contributed by atoms with Gasteiger partial charge in [0.15, 0.2) is 0 Å². The van der Waals surface area contributed by atoms with Crippen LogP contribution in [0.1, 0.15) is 24.3 Å². The molecule has 1 aliphatic heterocycles. The van der Waals surface area contributed by atoms with E-state index in [1.807, 2.05) is 0 Å². The average Bonchev–Trinajstić information content (AvgIpc) is 2.19. The molecule has 1 aromatic rings.